The SMILES string of the molecule is CCCC(=O)/C(=N/O)C(C)=O. The summed E-state index contributed by atoms with van der Waals surface area (Å²) < 4.78 is 0. The summed E-state index contributed by atoms with van der Waals surface area (Å²) in [5.41, 5.74) is -0.355. The third-order valence-electron chi connectivity index (χ3n) is 1.17. The van der Waals surface area contributed by atoms with Crippen LogP contribution in [0.1, 0.15) is 26.7 Å². The molecule has 0 atom stereocenters. The van der Waals surface area contributed by atoms with E-state index in [0.29, 0.717) is 6.42 Å². The fourth-order valence-electron chi connectivity index (χ4n) is 0.668. The second kappa shape index (κ2) is 4.60. The lowest BCUT2D eigenvalue weighted by molar-refractivity contribution is -0.116. The predicted molar refractivity (Wildman–Crippen MR) is 39.8 cm³/mol. The molecule has 4 heteroatoms. The normalized spacial score (nSPS) is 11.3. The van der Waals surface area contributed by atoms with Crippen molar-refractivity contribution in [2.24, 2.45) is 5.16 Å². The smallest absolute Gasteiger partial charge is 0.188 e. The predicted octanol–water partition coefficient (Wildman–Crippen LogP) is 0.775. The van der Waals surface area contributed by atoms with E-state index in [1.165, 1.54) is 6.92 Å². The van der Waals surface area contributed by atoms with E-state index in [4.69, 9.17) is 5.21 Å². The van der Waals surface area contributed by atoms with Gasteiger partial charge in [-0.1, -0.05) is 12.1 Å². The first kappa shape index (κ1) is 9.81. The Morgan fingerprint density at radius 2 is 2.00 bits per heavy atom. The van der Waals surface area contributed by atoms with Gasteiger partial charge >= 0.3 is 0 Å². The average Bonchev–Trinajstić information content (AvgIpc) is 1.88. The van der Waals surface area contributed by atoms with Crippen molar-refractivity contribution in [2.45, 2.75) is 26.7 Å². The first-order valence-corrected chi connectivity index (χ1v) is 3.39. The molecule has 0 aliphatic heterocycles. The molecule has 0 aromatic rings. The van der Waals surface area contributed by atoms with Crippen molar-refractivity contribution in [3.63, 3.8) is 0 Å². The summed E-state index contributed by atoms with van der Waals surface area (Å²) in [5, 5.41) is 10.9. The Labute approximate surface area is 64.9 Å². The number of hydrogen-bond acceptors (Lipinski definition) is 4. The van der Waals surface area contributed by atoms with Gasteiger partial charge in [-0.15, -0.1) is 0 Å². The zero-order chi connectivity index (χ0) is 8.85. The van der Waals surface area contributed by atoms with Crippen LogP contribution in [-0.4, -0.2) is 22.5 Å². The van der Waals surface area contributed by atoms with E-state index in [9.17, 15) is 9.59 Å². The number of hydrogen-bond donors (Lipinski definition) is 1. The van der Waals surface area contributed by atoms with Gasteiger partial charge in [0.15, 0.2) is 17.3 Å². The fraction of sp³-hybridized carbons (Fsp3) is 0.571. The zero-order valence-corrected chi connectivity index (χ0v) is 6.63. The van der Waals surface area contributed by atoms with Crippen LogP contribution in [0.15, 0.2) is 5.16 Å². The van der Waals surface area contributed by atoms with Crippen LogP contribution in [0.25, 0.3) is 0 Å². The number of nitrogens with zero attached hydrogens (tertiary/aromatic N) is 1. The molecule has 0 aliphatic rings. The molecular weight excluding hydrogens is 146 g/mol. The summed E-state index contributed by atoms with van der Waals surface area (Å²) in [6, 6.07) is 0. The van der Waals surface area contributed by atoms with Crippen LogP contribution in [-0.2, 0) is 9.59 Å². The highest BCUT2D eigenvalue weighted by molar-refractivity contribution is 6.65. The number of carbonyl (C=O) groups is 2. The van der Waals surface area contributed by atoms with Crippen molar-refractivity contribution >= 4 is 17.3 Å². The molecule has 4 nitrogen and oxygen atoms in total. The summed E-state index contributed by atoms with van der Waals surface area (Å²) in [7, 11) is 0. The van der Waals surface area contributed by atoms with Crippen LogP contribution in [0.4, 0.5) is 0 Å². The molecule has 0 radical (unpaired) electrons. The van der Waals surface area contributed by atoms with Crippen molar-refractivity contribution in [3.8, 4) is 0 Å². The Kier molecular flexibility index (Phi) is 4.10. The highest BCUT2D eigenvalue weighted by atomic mass is 16.4. The first-order chi connectivity index (χ1) is 5.13. The molecule has 0 fully saturated rings. The maximum atomic E-state index is 10.9. The standard InChI is InChI=1S/C7H11NO3/c1-3-4-6(10)7(8-11)5(2)9/h11H,3-4H2,1-2H3/b8-7+. The Hall–Kier alpha value is -1.19. The molecule has 0 unspecified atom stereocenters. The summed E-state index contributed by atoms with van der Waals surface area (Å²) in [6.07, 6.45) is 0.893. The summed E-state index contributed by atoms with van der Waals surface area (Å²) in [5.74, 6) is -0.895. The summed E-state index contributed by atoms with van der Waals surface area (Å²) in [6.45, 7) is 3.01. The third-order valence-corrected chi connectivity index (χ3v) is 1.17. The van der Waals surface area contributed by atoms with Crippen LogP contribution < -0.4 is 0 Å². The highest BCUT2D eigenvalue weighted by Gasteiger charge is 2.15. The molecular formula is C7H11NO3. The maximum absolute atomic E-state index is 10.9. The Morgan fingerprint density at radius 1 is 1.45 bits per heavy atom. The van der Waals surface area contributed by atoms with Gasteiger partial charge in [-0.25, -0.2) is 0 Å². The second-order valence-electron chi connectivity index (χ2n) is 2.18. The molecule has 0 spiro atoms. The number of ketones is 2. The molecule has 0 aromatic heterocycles. The van der Waals surface area contributed by atoms with Crippen molar-refractivity contribution in [2.75, 3.05) is 0 Å². The lowest BCUT2D eigenvalue weighted by atomic mass is 10.1. The van der Waals surface area contributed by atoms with Crippen molar-refractivity contribution < 1.29 is 14.8 Å². The minimum Gasteiger partial charge on any atom is -0.410 e. The minimum absolute atomic E-state index is 0.249. The van der Waals surface area contributed by atoms with Gasteiger partial charge in [-0.2, -0.15) is 0 Å². The van der Waals surface area contributed by atoms with Crippen molar-refractivity contribution in [1.29, 1.82) is 0 Å². The van der Waals surface area contributed by atoms with Gasteiger partial charge in [0.1, 0.15) is 0 Å². The topological polar surface area (TPSA) is 66.7 Å². The third kappa shape index (κ3) is 2.93. The van der Waals surface area contributed by atoms with E-state index in [1.807, 2.05) is 6.92 Å². The molecule has 0 aromatic carbocycles. The average molecular weight is 157 g/mol. The molecule has 1 N–H and O–H groups in total. The number of oxime groups is 1. The monoisotopic (exact) mass is 157 g/mol. The van der Waals surface area contributed by atoms with E-state index < -0.39 is 11.6 Å². The molecule has 0 rings (SSSR count). The second-order valence-corrected chi connectivity index (χ2v) is 2.18. The van der Waals surface area contributed by atoms with Gasteiger partial charge in [0, 0.05) is 13.3 Å². The Morgan fingerprint density at radius 3 is 2.27 bits per heavy atom. The van der Waals surface area contributed by atoms with Gasteiger partial charge in [0.2, 0.25) is 0 Å². The van der Waals surface area contributed by atoms with Crippen LogP contribution >= 0.6 is 0 Å². The summed E-state index contributed by atoms with van der Waals surface area (Å²) in [4.78, 5) is 21.5. The van der Waals surface area contributed by atoms with E-state index in [-0.39, 0.29) is 12.1 Å². The number of carbonyl (C=O) groups excluding carboxylic acids is 2. The van der Waals surface area contributed by atoms with E-state index >= 15 is 0 Å². The quantitative estimate of drug-likeness (QED) is 0.284. The number of Topliss-reactive ketones (excluding diaryl/α,β-unsaturated/α-hetero) is 2. The molecule has 0 saturated heterocycles. The van der Waals surface area contributed by atoms with Crippen LogP contribution in [0.2, 0.25) is 0 Å². The van der Waals surface area contributed by atoms with E-state index in [1.54, 1.807) is 0 Å². The van der Waals surface area contributed by atoms with Gasteiger partial charge < -0.3 is 5.21 Å². The molecule has 11 heavy (non-hydrogen) atoms. The molecule has 0 aliphatic carbocycles. The van der Waals surface area contributed by atoms with Crippen LogP contribution in [0.3, 0.4) is 0 Å². The molecule has 0 saturated carbocycles. The van der Waals surface area contributed by atoms with E-state index in [2.05, 4.69) is 5.16 Å². The van der Waals surface area contributed by atoms with E-state index in [0.717, 1.165) is 0 Å². The van der Waals surface area contributed by atoms with Crippen molar-refractivity contribution in [3.05, 3.63) is 0 Å². The first-order valence-electron chi connectivity index (χ1n) is 3.39. The van der Waals surface area contributed by atoms with Crippen molar-refractivity contribution in [1.82, 2.24) is 0 Å². The highest BCUT2D eigenvalue weighted by Crippen LogP contribution is 1.93. The lowest BCUT2D eigenvalue weighted by Crippen LogP contribution is -2.21. The van der Waals surface area contributed by atoms with Gasteiger partial charge in [-0.05, 0) is 6.42 Å². The Balaban J connectivity index is 4.29. The van der Waals surface area contributed by atoms with Gasteiger partial charge in [0.05, 0.1) is 0 Å². The molecule has 62 valence electrons. The van der Waals surface area contributed by atoms with Crippen LogP contribution in [0.5, 0.6) is 0 Å². The largest absolute Gasteiger partial charge is 0.410 e. The van der Waals surface area contributed by atoms with Crippen LogP contribution in [0, 0.1) is 0 Å². The summed E-state index contributed by atoms with van der Waals surface area (Å²) >= 11 is 0. The molecule has 0 heterocycles. The molecule has 0 amide bonds. The molecule has 0 bridgehead atoms. The van der Waals surface area contributed by atoms with Gasteiger partial charge in [-0.3, -0.25) is 9.59 Å². The zero-order valence-electron chi connectivity index (χ0n) is 6.63. The maximum Gasteiger partial charge on any atom is 0.188 e. The Bertz CT molecular complexity index is 196. The minimum atomic E-state index is -0.494. The van der Waals surface area contributed by atoms with Gasteiger partial charge in [0.25, 0.3) is 0 Å². The number of rotatable bonds is 4. The lowest BCUT2D eigenvalue weighted by Gasteiger charge is -1.95. The fourth-order valence-corrected chi connectivity index (χ4v) is 0.668.